The van der Waals surface area contributed by atoms with Gasteiger partial charge in [0.15, 0.2) is 0 Å². The van der Waals surface area contributed by atoms with E-state index in [1.807, 2.05) is 12.1 Å². The minimum absolute atomic E-state index is 0.0366. The van der Waals surface area contributed by atoms with Crippen molar-refractivity contribution in [2.24, 2.45) is 11.5 Å². The molecule has 0 heterocycles. The average Bonchev–Trinajstić information content (AvgIpc) is 3.19. The summed E-state index contributed by atoms with van der Waals surface area (Å²) in [6.45, 7) is 13.7. The number of hydrogen-bond donors (Lipinski definition) is 2. The zero-order chi connectivity index (χ0) is 38.4. The molecule has 0 aliphatic heterocycles. The lowest BCUT2D eigenvalue weighted by Gasteiger charge is -2.21. The predicted molar refractivity (Wildman–Crippen MR) is 239 cm³/mol. The zero-order valence-corrected chi connectivity index (χ0v) is 32.9. The molecule has 2 heteroatoms. The van der Waals surface area contributed by atoms with Crippen LogP contribution in [0.25, 0.3) is 59.9 Å². The molecule has 0 atom stereocenters. The zero-order valence-electron chi connectivity index (χ0n) is 32.9. The van der Waals surface area contributed by atoms with Gasteiger partial charge in [-0.1, -0.05) is 160 Å². The maximum Gasteiger partial charge on any atom is 0.0387 e. The Morgan fingerprint density at radius 1 is 0.709 bits per heavy atom. The smallest absolute Gasteiger partial charge is 0.0387 e. The van der Waals surface area contributed by atoms with Gasteiger partial charge >= 0.3 is 0 Å². The van der Waals surface area contributed by atoms with Crippen molar-refractivity contribution in [2.45, 2.75) is 59.8 Å². The second-order valence-electron chi connectivity index (χ2n) is 16.4. The summed E-state index contributed by atoms with van der Waals surface area (Å²) in [5.74, 6) is 0. The molecule has 55 heavy (non-hydrogen) atoms. The average molecular weight is 715 g/mol. The van der Waals surface area contributed by atoms with Crippen LogP contribution in [-0.4, -0.2) is 0 Å². The predicted octanol–water partition coefficient (Wildman–Crippen LogP) is 13.4. The van der Waals surface area contributed by atoms with Crippen LogP contribution in [0.5, 0.6) is 0 Å². The van der Waals surface area contributed by atoms with E-state index in [0.717, 1.165) is 34.5 Å². The maximum absolute atomic E-state index is 6.70. The van der Waals surface area contributed by atoms with Gasteiger partial charge in [0.2, 0.25) is 0 Å². The van der Waals surface area contributed by atoms with Crippen molar-refractivity contribution < 1.29 is 0 Å². The number of hydrogen-bond acceptors (Lipinski definition) is 2. The fraction of sp³-hybridized carbons (Fsp3) is 0.170. The third-order valence-electron chi connectivity index (χ3n) is 11.3. The van der Waals surface area contributed by atoms with Crippen molar-refractivity contribution in [1.82, 2.24) is 0 Å². The quantitative estimate of drug-likeness (QED) is 0.169. The first-order valence-corrected chi connectivity index (χ1v) is 19.4. The Morgan fingerprint density at radius 2 is 1.40 bits per heavy atom. The van der Waals surface area contributed by atoms with E-state index in [0.29, 0.717) is 6.42 Å². The maximum atomic E-state index is 6.70. The van der Waals surface area contributed by atoms with Crippen LogP contribution in [0.1, 0.15) is 60.6 Å². The summed E-state index contributed by atoms with van der Waals surface area (Å²) in [6, 6.07) is 40.4. The summed E-state index contributed by atoms with van der Waals surface area (Å²) in [4.78, 5) is 0. The number of allylic oxidation sites excluding steroid dienone is 8. The van der Waals surface area contributed by atoms with E-state index in [9.17, 15) is 0 Å². The van der Waals surface area contributed by atoms with Crippen LogP contribution < -0.4 is 11.5 Å². The van der Waals surface area contributed by atoms with E-state index in [1.54, 1.807) is 0 Å². The molecule has 2 bridgehead atoms. The van der Waals surface area contributed by atoms with E-state index in [1.165, 1.54) is 82.0 Å². The van der Waals surface area contributed by atoms with Gasteiger partial charge in [0.25, 0.3) is 0 Å². The van der Waals surface area contributed by atoms with E-state index < -0.39 is 0 Å². The fourth-order valence-corrected chi connectivity index (χ4v) is 8.35. The van der Waals surface area contributed by atoms with Gasteiger partial charge in [-0.25, -0.2) is 0 Å². The Labute approximate surface area is 325 Å². The standard InChI is InChI=1S/C53H50N2/c1-33-27-34(2)50-41(28-33)22-23-42-30-44(53(4,5)6)31-43-24-25-45-47(32-46(50)35(3)51(45)52(42)43)38-18-20-40(21-19-38)48(54)26-16-37-15-17-39(49(55)29-37)14-10-13-36-11-8-7-9-12-36/h7-12,14-28,30-32H,13,29,54-55H2,1-6H3/b14-10-,23-22?,37-16-,48-26-. The first-order valence-electron chi connectivity index (χ1n) is 19.4. The van der Waals surface area contributed by atoms with Gasteiger partial charge in [-0.3, -0.25) is 0 Å². The minimum atomic E-state index is 0.0366. The summed E-state index contributed by atoms with van der Waals surface area (Å²) in [7, 11) is 0. The molecule has 7 aromatic rings. The highest BCUT2D eigenvalue weighted by Crippen LogP contribution is 2.43. The number of nitrogens with two attached hydrogens (primary N) is 2. The molecule has 0 saturated heterocycles. The largest absolute Gasteiger partial charge is 0.401 e. The summed E-state index contributed by atoms with van der Waals surface area (Å²) in [6.07, 6.45) is 14.2. The molecule has 0 radical (unpaired) electrons. The van der Waals surface area contributed by atoms with E-state index in [2.05, 4.69) is 175 Å². The first-order chi connectivity index (χ1) is 26.4. The third kappa shape index (κ3) is 7.01. The summed E-state index contributed by atoms with van der Waals surface area (Å²) in [5.41, 5.74) is 27.0. The molecular formula is C53H50N2. The molecule has 0 unspecified atom stereocenters. The molecule has 0 aromatic heterocycles. The van der Waals surface area contributed by atoms with Crippen molar-refractivity contribution in [3.63, 3.8) is 0 Å². The van der Waals surface area contributed by atoms with Crippen molar-refractivity contribution in [3.8, 4) is 11.1 Å². The van der Waals surface area contributed by atoms with Gasteiger partial charge in [0.1, 0.15) is 0 Å². The molecule has 0 saturated carbocycles. The van der Waals surface area contributed by atoms with Gasteiger partial charge in [0, 0.05) is 17.8 Å². The van der Waals surface area contributed by atoms with Crippen LogP contribution in [0.15, 0.2) is 162 Å². The Bertz CT molecular complexity index is 2800. The number of aryl methyl sites for hydroxylation is 3. The van der Waals surface area contributed by atoms with E-state index in [4.69, 9.17) is 11.5 Å². The van der Waals surface area contributed by atoms with Crippen LogP contribution in [0.4, 0.5) is 0 Å². The Hall–Kier alpha value is -6.12. The Morgan fingerprint density at radius 3 is 2.09 bits per heavy atom. The Balaban J connectivity index is 1.17. The van der Waals surface area contributed by atoms with E-state index in [-0.39, 0.29) is 5.41 Å². The van der Waals surface area contributed by atoms with Crippen LogP contribution in [0.2, 0.25) is 0 Å². The number of fused-ring (bicyclic) bond motifs is 3. The topological polar surface area (TPSA) is 52.0 Å². The van der Waals surface area contributed by atoms with Crippen molar-refractivity contribution in [3.05, 3.63) is 196 Å². The van der Waals surface area contributed by atoms with Gasteiger partial charge in [0.05, 0.1) is 0 Å². The molecule has 4 N–H and O–H groups in total. The highest BCUT2D eigenvalue weighted by Gasteiger charge is 2.19. The van der Waals surface area contributed by atoms with Crippen LogP contribution in [0, 0.1) is 20.8 Å². The third-order valence-corrected chi connectivity index (χ3v) is 11.3. The normalized spacial score (nSPS) is 14.8. The van der Waals surface area contributed by atoms with Gasteiger partial charge < -0.3 is 11.5 Å². The second kappa shape index (κ2) is 14.3. The van der Waals surface area contributed by atoms with Gasteiger partial charge in [-0.2, -0.15) is 0 Å². The van der Waals surface area contributed by atoms with E-state index >= 15 is 0 Å². The molecule has 0 spiro atoms. The van der Waals surface area contributed by atoms with Crippen molar-refractivity contribution in [2.75, 3.05) is 0 Å². The molecule has 272 valence electrons. The molecule has 0 amide bonds. The lowest BCUT2D eigenvalue weighted by Crippen LogP contribution is -2.10. The van der Waals surface area contributed by atoms with Gasteiger partial charge in [-0.05, 0) is 138 Å². The minimum Gasteiger partial charge on any atom is -0.401 e. The summed E-state index contributed by atoms with van der Waals surface area (Å²) < 4.78 is 0. The molecule has 7 aromatic carbocycles. The highest BCUT2D eigenvalue weighted by molar-refractivity contribution is 6.23. The van der Waals surface area contributed by atoms with Crippen molar-refractivity contribution in [1.29, 1.82) is 0 Å². The number of rotatable bonds is 6. The highest BCUT2D eigenvalue weighted by atomic mass is 14.6. The molecule has 8 rings (SSSR count). The first kappa shape index (κ1) is 35.9. The monoisotopic (exact) mass is 714 g/mol. The lowest BCUT2D eigenvalue weighted by atomic mass is 9.83. The molecular weight excluding hydrogens is 665 g/mol. The van der Waals surface area contributed by atoms with Crippen LogP contribution >= 0.6 is 0 Å². The molecule has 1 aliphatic carbocycles. The lowest BCUT2D eigenvalue weighted by molar-refractivity contribution is 0.591. The van der Waals surface area contributed by atoms with Crippen molar-refractivity contribution >= 4 is 48.8 Å². The fourth-order valence-electron chi connectivity index (χ4n) is 8.35. The summed E-state index contributed by atoms with van der Waals surface area (Å²) >= 11 is 0. The number of benzene rings is 6. The van der Waals surface area contributed by atoms with Crippen LogP contribution in [0.3, 0.4) is 0 Å². The molecule has 1 aliphatic rings. The Kier molecular flexibility index (Phi) is 9.31. The van der Waals surface area contributed by atoms with Gasteiger partial charge in [-0.15, -0.1) is 0 Å². The molecule has 2 nitrogen and oxygen atoms in total. The molecule has 0 fully saturated rings. The summed E-state index contributed by atoms with van der Waals surface area (Å²) in [5, 5.41) is 10.3. The van der Waals surface area contributed by atoms with Crippen LogP contribution in [-0.2, 0) is 11.8 Å². The second-order valence-corrected chi connectivity index (χ2v) is 16.4. The SMILES string of the molecule is Cc1cc(C)c2c(ccc3cc(C(C)(C)C)cc4ccc5c(-c6ccc(/C(N)=C/C=C7/C=CC(/C=C\Cc8ccccc8)=C(N)C7)cc6)cc2c(C)c5c34)c1.